The van der Waals surface area contributed by atoms with Crippen molar-refractivity contribution in [2.75, 3.05) is 53.0 Å². The van der Waals surface area contributed by atoms with Gasteiger partial charge in [-0.3, -0.25) is 20.4 Å². The Bertz CT molecular complexity index is 464. The van der Waals surface area contributed by atoms with Crippen LogP contribution in [0.3, 0.4) is 0 Å². The van der Waals surface area contributed by atoms with Gasteiger partial charge in [-0.05, 0) is 76.5 Å². The van der Waals surface area contributed by atoms with Crippen LogP contribution in [0.2, 0.25) is 0 Å². The molecule has 28 heavy (non-hydrogen) atoms. The predicted octanol–water partition coefficient (Wildman–Crippen LogP) is -0.211. The molecule has 0 saturated carbocycles. The van der Waals surface area contributed by atoms with Crippen LogP contribution in [-0.2, 0) is 9.57 Å². The molecule has 4 aliphatic heterocycles. The highest BCUT2D eigenvalue weighted by molar-refractivity contribution is 4.92. The molecule has 8 heteroatoms. The van der Waals surface area contributed by atoms with Crippen LogP contribution in [0.1, 0.15) is 38.5 Å². The number of hydrogen-bond acceptors (Lipinski definition) is 8. The highest BCUT2D eigenvalue weighted by atomic mass is 16.7. The summed E-state index contributed by atoms with van der Waals surface area (Å²) in [6, 6.07) is 0.497. The number of hydroxylamine groups is 1. The molecule has 6 atom stereocenters. The van der Waals surface area contributed by atoms with Crippen LogP contribution in [0.15, 0.2) is 0 Å². The number of piperidine rings is 2. The maximum Gasteiger partial charge on any atom is 0.146 e. The molecule has 6 unspecified atom stereocenters. The minimum absolute atomic E-state index is 0.110. The summed E-state index contributed by atoms with van der Waals surface area (Å²) in [6.45, 7) is 7.48. The van der Waals surface area contributed by atoms with E-state index in [4.69, 9.17) is 9.57 Å². The van der Waals surface area contributed by atoms with Crippen molar-refractivity contribution in [3.8, 4) is 0 Å². The predicted molar refractivity (Wildman–Crippen MR) is 110 cm³/mol. The Balaban J connectivity index is 1.24. The molecule has 4 aliphatic rings. The van der Waals surface area contributed by atoms with Crippen LogP contribution < -0.4 is 26.7 Å². The average Bonchev–Trinajstić information content (AvgIpc) is 3.39. The largest absolute Gasteiger partial charge is 0.383 e. The number of nitrogens with one attached hydrogen (secondary N) is 5. The minimum Gasteiger partial charge on any atom is -0.383 e. The van der Waals surface area contributed by atoms with Crippen molar-refractivity contribution in [1.82, 2.24) is 31.6 Å². The summed E-state index contributed by atoms with van der Waals surface area (Å²) in [4.78, 5) is 8.75. The summed E-state index contributed by atoms with van der Waals surface area (Å²) < 4.78 is 5.15. The van der Waals surface area contributed by atoms with Gasteiger partial charge in [-0.15, -0.1) is 0 Å². The second-order valence-electron chi connectivity index (χ2n) is 8.96. The molecule has 8 nitrogen and oxygen atoms in total. The fourth-order valence-electron chi connectivity index (χ4n) is 5.39. The summed E-state index contributed by atoms with van der Waals surface area (Å²) in [6.07, 6.45) is 8.20. The first-order chi connectivity index (χ1) is 13.8. The van der Waals surface area contributed by atoms with Gasteiger partial charge in [0, 0.05) is 20.2 Å². The average molecular weight is 397 g/mol. The van der Waals surface area contributed by atoms with E-state index in [1.165, 1.54) is 58.3 Å². The van der Waals surface area contributed by atoms with E-state index in [1.807, 2.05) is 0 Å². The van der Waals surface area contributed by atoms with E-state index in [1.54, 1.807) is 7.11 Å². The Hall–Kier alpha value is -0.320. The molecule has 162 valence electrons. The Labute approximate surface area is 169 Å². The van der Waals surface area contributed by atoms with E-state index in [9.17, 15) is 0 Å². The molecular weight excluding hydrogens is 356 g/mol. The molecule has 4 rings (SSSR count). The lowest BCUT2D eigenvalue weighted by molar-refractivity contribution is -0.0269. The van der Waals surface area contributed by atoms with E-state index in [0.717, 1.165) is 32.0 Å². The number of hydrogen-bond donors (Lipinski definition) is 5. The molecule has 0 amide bonds. The molecule has 0 aromatic carbocycles. The van der Waals surface area contributed by atoms with Crippen LogP contribution >= 0.6 is 0 Å². The smallest absolute Gasteiger partial charge is 0.146 e. The van der Waals surface area contributed by atoms with Crippen molar-refractivity contribution in [3.05, 3.63) is 0 Å². The highest BCUT2D eigenvalue weighted by Gasteiger charge is 2.41. The number of ether oxygens (including phenoxy) is 1. The molecule has 0 aliphatic carbocycles. The number of likely N-dealkylation sites (tertiary alicyclic amines) is 1. The van der Waals surface area contributed by atoms with Crippen LogP contribution in [0.5, 0.6) is 0 Å². The van der Waals surface area contributed by atoms with Gasteiger partial charge in [0.15, 0.2) is 0 Å². The van der Waals surface area contributed by atoms with Crippen LogP contribution in [0.25, 0.3) is 0 Å². The van der Waals surface area contributed by atoms with Gasteiger partial charge in [0.1, 0.15) is 6.23 Å². The molecule has 4 saturated heterocycles. The van der Waals surface area contributed by atoms with Crippen LogP contribution in [-0.4, -0.2) is 82.5 Å². The maximum atomic E-state index is 6.08. The quantitative estimate of drug-likeness (QED) is 0.361. The first-order valence-electron chi connectivity index (χ1n) is 11.4. The zero-order valence-corrected chi connectivity index (χ0v) is 17.4. The van der Waals surface area contributed by atoms with Gasteiger partial charge in [0.25, 0.3) is 0 Å². The lowest BCUT2D eigenvalue weighted by Gasteiger charge is -2.35. The lowest BCUT2D eigenvalue weighted by atomic mass is 9.92. The van der Waals surface area contributed by atoms with Gasteiger partial charge < -0.3 is 15.4 Å². The van der Waals surface area contributed by atoms with Gasteiger partial charge in [-0.2, -0.15) is 5.48 Å². The Kier molecular flexibility index (Phi) is 7.95. The zero-order chi connectivity index (χ0) is 19.2. The molecule has 0 spiro atoms. The molecule has 4 fully saturated rings. The Morgan fingerprint density at radius 3 is 3.00 bits per heavy atom. The fourth-order valence-corrected chi connectivity index (χ4v) is 5.39. The first-order valence-corrected chi connectivity index (χ1v) is 11.4. The molecule has 0 aromatic rings. The summed E-state index contributed by atoms with van der Waals surface area (Å²) in [7, 11) is 1.75. The van der Waals surface area contributed by atoms with Crippen molar-refractivity contribution in [3.63, 3.8) is 0 Å². The van der Waals surface area contributed by atoms with Crippen molar-refractivity contribution in [1.29, 1.82) is 0 Å². The van der Waals surface area contributed by atoms with Crippen LogP contribution in [0.4, 0.5) is 0 Å². The van der Waals surface area contributed by atoms with E-state index in [0.29, 0.717) is 18.1 Å². The fraction of sp³-hybridized carbons (Fsp3) is 1.00. The molecule has 0 aromatic heterocycles. The van der Waals surface area contributed by atoms with Crippen molar-refractivity contribution >= 4 is 0 Å². The van der Waals surface area contributed by atoms with Gasteiger partial charge >= 0.3 is 0 Å². The van der Waals surface area contributed by atoms with E-state index in [2.05, 4.69) is 31.6 Å². The SMILES string of the molecule is COCCNC1CC(C2NOC(C3CCCN3CC3CCCNC3)N2)CCN1. The van der Waals surface area contributed by atoms with Crippen LogP contribution in [0, 0.1) is 11.8 Å². The minimum atomic E-state index is 0.110. The zero-order valence-electron chi connectivity index (χ0n) is 17.4. The maximum absolute atomic E-state index is 6.08. The molecule has 5 N–H and O–H groups in total. The number of nitrogens with zero attached hydrogens (tertiary/aromatic N) is 1. The van der Waals surface area contributed by atoms with Crippen molar-refractivity contribution in [2.45, 2.75) is 63.1 Å². The van der Waals surface area contributed by atoms with Gasteiger partial charge in [-0.1, -0.05) is 0 Å². The third-order valence-corrected chi connectivity index (χ3v) is 6.93. The Morgan fingerprint density at radius 2 is 2.14 bits per heavy atom. The van der Waals surface area contributed by atoms with E-state index in [-0.39, 0.29) is 12.4 Å². The molecule has 0 radical (unpaired) electrons. The standard InChI is InChI=1S/C20H40N6O2/c1-27-11-9-23-18-12-16(6-8-22-18)19-24-20(28-25-19)17-5-3-10-26(17)14-15-4-2-7-21-13-15/h15-25H,2-14H2,1H3. The monoisotopic (exact) mass is 396 g/mol. The summed E-state index contributed by atoms with van der Waals surface area (Å²) in [5.74, 6) is 1.37. The van der Waals surface area contributed by atoms with E-state index >= 15 is 0 Å². The molecule has 4 heterocycles. The second-order valence-corrected chi connectivity index (χ2v) is 8.96. The van der Waals surface area contributed by atoms with Crippen molar-refractivity contribution in [2.24, 2.45) is 11.8 Å². The normalized spacial score (nSPS) is 40.2. The lowest BCUT2D eigenvalue weighted by Crippen LogP contribution is -2.54. The highest BCUT2D eigenvalue weighted by Crippen LogP contribution is 2.27. The first kappa shape index (κ1) is 20.9. The topological polar surface area (TPSA) is 81.8 Å². The van der Waals surface area contributed by atoms with Gasteiger partial charge in [-0.25, -0.2) is 0 Å². The number of rotatable bonds is 8. The second kappa shape index (κ2) is 10.6. The van der Waals surface area contributed by atoms with Crippen molar-refractivity contribution < 1.29 is 9.57 Å². The summed E-state index contributed by atoms with van der Waals surface area (Å²) in [5, 5.41) is 14.5. The third kappa shape index (κ3) is 5.43. The van der Waals surface area contributed by atoms with Gasteiger partial charge in [0.2, 0.25) is 0 Å². The molecule has 0 bridgehead atoms. The molecular formula is C20H40N6O2. The Morgan fingerprint density at radius 1 is 1.18 bits per heavy atom. The third-order valence-electron chi connectivity index (χ3n) is 6.93. The van der Waals surface area contributed by atoms with Gasteiger partial charge in [0.05, 0.1) is 25.0 Å². The van der Waals surface area contributed by atoms with E-state index < -0.39 is 0 Å². The summed E-state index contributed by atoms with van der Waals surface area (Å²) in [5.41, 5.74) is 3.33. The number of methoxy groups -OCH3 is 1. The summed E-state index contributed by atoms with van der Waals surface area (Å²) >= 11 is 0.